The fourth-order valence-corrected chi connectivity index (χ4v) is 2.55. The van der Waals surface area contributed by atoms with E-state index < -0.39 is 12.4 Å². The molecule has 0 saturated carbocycles. The van der Waals surface area contributed by atoms with Crippen LogP contribution < -0.4 is 0 Å². The molecule has 116 valence electrons. The molecule has 0 bridgehead atoms. The molecule has 1 heterocycles. The summed E-state index contributed by atoms with van der Waals surface area (Å²) in [6.45, 7) is 5.92. The van der Waals surface area contributed by atoms with Crippen molar-refractivity contribution in [3.63, 3.8) is 0 Å². The van der Waals surface area contributed by atoms with E-state index in [1.807, 2.05) is 37.3 Å². The minimum atomic E-state index is -0.587. The fraction of sp³-hybridized carbons (Fsp3) is 0.625. The first-order valence-electron chi connectivity index (χ1n) is 7.36. The lowest BCUT2D eigenvalue weighted by molar-refractivity contribution is -0.497. The molecule has 1 saturated heterocycles. The number of rotatable bonds is 5. The molecule has 5 nitrogen and oxygen atoms in total. The van der Waals surface area contributed by atoms with Crippen molar-refractivity contribution in [1.29, 1.82) is 0 Å². The molecule has 0 unspecified atom stereocenters. The summed E-state index contributed by atoms with van der Waals surface area (Å²) < 4.78 is 11.9. The minimum absolute atomic E-state index is 0.120. The molecule has 5 heteroatoms. The molecule has 1 aliphatic heterocycles. The van der Waals surface area contributed by atoms with Gasteiger partial charge in [0.2, 0.25) is 6.54 Å². The second kappa shape index (κ2) is 6.54. The first-order valence-corrected chi connectivity index (χ1v) is 7.36. The monoisotopic (exact) mass is 293 g/mol. The summed E-state index contributed by atoms with van der Waals surface area (Å²) in [5, 5.41) is 10.9. The topological polar surface area (TPSA) is 61.6 Å². The van der Waals surface area contributed by atoms with Gasteiger partial charge in [-0.25, -0.2) is 0 Å². The van der Waals surface area contributed by atoms with Gasteiger partial charge < -0.3 is 9.47 Å². The summed E-state index contributed by atoms with van der Waals surface area (Å²) in [5.41, 5.74) is 0.669. The minimum Gasteiger partial charge on any atom is -0.349 e. The molecule has 1 aromatic rings. The van der Waals surface area contributed by atoms with E-state index in [0.717, 1.165) is 18.4 Å². The molecule has 0 aliphatic carbocycles. The van der Waals surface area contributed by atoms with Gasteiger partial charge in [-0.1, -0.05) is 44.2 Å². The van der Waals surface area contributed by atoms with Gasteiger partial charge in [0.05, 0.1) is 6.10 Å². The summed E-state index contributed by atoms with van der Waals surface area (Å²) in [4.78, 5) is 10.6. The van der Waals surface area contributed by atoms with E-state index in [1.165, 1.54) is 0 Å². The quantitative estimate of drug-likeness (QED) is 0.615. The number of hydrogen-bond acceptors (Lipinski definition) is 4. The zero-order valence-electron chi connectivity index (χ0n) is 12.8. The van der Waals surface area contributed by atoms with Crippen LogP contribution in [0.25, 0.3) is 0 Å². The Kier molecular flexibility index (Phi) is 4.96. The molecular formula is C16H23NO4. The van der Waals surface area contributed by atoms with Gasteiger partial charge in [0.25, 0.3) is 0 Å². The van der Waals surface area contributed by atoms with Crippen LogP contribution in [0.4, 0.5) is 0 Å². The van der Waals surface area contributed by atoms with Gasteiger partial charge in [0.1, 0.15) is 6.10 Å². The second-order valence-electron chi connectivity index (χ2n) is 6.36. The molecule has 1 fully saturated rings. The lowest BCUT2D eigenvalue weighted by Crippen LogP contribution is -2.43. The molecule has 0 amide bonds. The summed E-state index contributed by atoms with van der Waals surface area (Å²) in [7, 11) is 0. The van der Waals surface area contributed by atoms with Gasteiger partial charge in [-0.3, -0.25) is 10.1 Å². The van der Waals surface area contributed by atoms with Gasteiger partial charge in [0.15, 0.2) is 6.29 Å². The second-order valence-corrected chi connectivity index (χ2v) is 6.36. The van der Waals surface area contributed by atoms with E-state index >= 15 is 0 Å². The summed E-state index contributed by atoms with van der Waals surface area (Å²) in [6, 6.07) is 9.32. The highest BCUT2D eigenvalue weighted by Gasteiger charge is 2.39. The summed E-state index contributed by atoms with van der Waals surface area (Å²) in [6.07, 6.45) is 1.08. The Morgan fingerprint density at radius 3 is 2.71 bits per heavy atom. The Morgan fingerprint density at radius 2 is 2.10 bits per heavy atom. The van der Waals surface area contributed by atoms with Crippen molar-refractivity contribution in [2.45, 2.75) is 52.1 Å². The maximum absolute atomic E-state index is 10.9. The Labute approximate surface area is 125 Å². The molecule has 0 aromatic heterocycles. The molecule has 3 atom stereocenters. The number of nitrogens with zero attached hydrogens (tertiary/aromatic N) is 1. The number of benzene rings is 1. The van der Waals surface area contributed by atoms with Crippen molar-refractivity contribution in [3.8, 4) is 0 Å². The van der Waals surface area contributed by atoms with Crippen LogP contribution in [0, 0.1) is 15.5 Å². The van der Waals surface area contributed by atoms with E-state index in [4.69, 9.17) is 9.47 Å². The van der Waals surface area contributed by atoms with E-state index in [-0.39, 0.29) is 23.0 Å². The van der Waals surface area contributed by atoms with Crippen LogP contribution in [0.3, 0.4) is 0 Å². The lowest BCUT2D eigenvalue weighted by atomic mass is 9.83. The van der Waals surface area contributed by atoms with Crippen molar-refractivity contribution in [3.05, 3.63) is 46.0 Å². The highest BCUT2D eigenvalue weighted by molar-refractivity contribution is 5.17. The third-order valence-corrected chi connectivity index (χ3v) is 3.96. The first-order chi connectivity index (χ1) is 9.88. The van der Waals surface area contributed by atoms with Crippen molar-refractivity contribution in [1.82, 2.24) is 0 Å². The molecule has 0 spiro atoms. The molecule has 21 heavy (non-hydrogen) atoms. The van der Waals surface area contributed by atoms with Crippen LogP contribution in [-0.4, -0.2) is 23.9 Å². The van der Waals surface area contributed by atoms with Crippen molar-refractivity contribution >= 4 is 0 Å². The van der Waals surface area contributed by atoms with Gasteiger partial charge in [-0.05, 0) is 25.3 Å². The predicted octanol–water partition coefficient (Wildman–Crippen LogP) is 3.57. The van der Waals surface area contributed by atoms with Gasteiger partial charge >= 0.3 is 0 Å². The van der Waals surface area contributed by atoms with Crippen molar-refractivity contribution in [2.75, 3.05) is 6.54 Å². The smallest absolute Gasteiger partial charge is 0.233 e. The van der Waals surface area contributed by atoms with Crippen LogP contribution in [0.5, 0.6) is 0 Å². The molecule has 2 rings (SSSR count). The van der Waals surface area contributed by atoms with Gasteiger partial charge in [0, 0.05) is 10.3 Å². The standard InChI is InChI=1S/C16H23NO4/c1-12-9-10-16(2,3)15(20-12)21-14(11-17(18)19)13-7-5-4-6-8-13/h4-8,12,14-15H,9-11H2,1-3H3/t12-,14-,15+/m0/s1. The zero-order chi connectivity index (χ0) is 15.5. The normalized spacial score (nSPS) is 26.2. The van der Waals surface area contributed by atoms with Crippen LogP contribution in [0.15, 0.2) is 30.3 Å². The average Bonchev–Trinajstić information content (AvgIpc) is 2.43. The molecule has 1 aliphatic rings. The SMILES string of the molecule is C[C@H]1CCC(C)(C)[C@@H](O[C@@H](C[N+](=O)[O-])c2ccccc2)O1. The number of nitro groups is 1. The Bertz CT molecular complexity index is 474. The molecular weight excluding hydrogens is 270 g/mol. The third kappa shape index (κ3) is 4.25. The predicted molar refractivity (Wildman–Crippen MR) is 79.5 cm³/mol. The summed E-state index contributed by atoms with van der Waals surface area (Å²) in [5.74, 6) is 0. The van der Waals surface area contributed by atoms with E-state index in [1.54, 1.807) is 0 Å². The summed E-state index contributed by atoms with van der Waals surface area (Å²) >= 11 is 0. The van der Waals surface area contributed by atoms with Crippen LogP contribution in [0.1, 0.15) is 45.3 Å². The molecule has 0 N–H and O–H groups in total. The fourth-order valence-electron chi connectivity index (χ4n) is 2.55. The van der Waals surface area contributed by atoms with Crippen LogP contribution >= 0.6 is 0 Å². The van der Waals surface area contributed by atoms with E-state index in [9.17, 15) is 10.1 Å². The third-order valence-electron chi connectivity index (χ3n) is 3.96. The number of hydrogen-bond donors (Lipinski definition) is 0. The molecule has 0 radical (unpaired) electrons. The lowest BCUT2D eigenvalue weighted by Gasteiger charge is -2.41. The first kappa shape index (κ1) is 15.9. The number of ether oxygens (including phenoxy) is 2. The Hall–Kier alpha value is -1.46. The van der Waals surface area contributed by atoms with Crippen molar-refractivity contribution < 1.29 is 14.4 Å². The average molecular weight is 293 g/mol. The van der Waals surface area contributed by atoms with Crippen LogP contribution in [0.2, 0.25) is 0 Å². The Morgan fingerprint density at radius 1 is 1.43 bits per heavy atom. The van der Waals surface area contributed by atoms with E-state index in [0.29, 0.717) is 0 Å². The largest absolute Gasteiger partial charge is 0.349 e. The van der Waals surface area contributed by atoms with Gasteiger partial charge in [-0.2, -0.15) is 0 Å². The zero-order valence-corrected chi connectivity index (χ0v) is 12.8. The molecule has 1 aromatic carbocycles. The maximum Gasteiger partial charge on any atom is 0.233 e. The maximum atomic E-state index is 10.9. The highest BCUT2D eigenvalue weighted by atomic mass is 16.7. The van der Waals surface area contributed by atoms with Crippen molar-refractivity contribution in [2.24, 2.45) is 5.41 Å². The highest BCUT2D eigenvalue weighted by Crippen LogP contribution is 2.38. The van der Waals surface area contributed by atoms with E-state index in [2.05, 4.69) is 13.8 Å². The van der Waals surface area contributed by atoms with Crippen LogP contribution in [-0.2, 0) is 9.47 Å². The van der Waals surface area contributed by atoms with Gasteiger partial charge in [-0.15, -0.1) is 0 Å². The Balaban J connectivity index is 2.16.